The quantitative estimate of drug-likeness (QED) is 0.473. The van der Waals surface area contributed by atoms with Crippen molar-refractivity contribution in [3.05, 3.63) is 51.1 Å². The third-order valence-electron chi connectivity index (χ3n) is 5.20. The van der Waals surface area contributed by atoms with Crippen LogP contribution in [0.1, 0.15) is 6.92 Å². The number of fused-ring (bicyclic) bond motifs is 1. The second-order valence-corrected chi connectivity index (χ2v) is 8.25. The molecule has 1 amide bonds. The first-order valence-electron chi connectivity index (χ1n) is 9.36. The number of nitrogens with one attached hydrogen (secondary N) is 1. The number of non-ortho nitro benzene ring substituents is 1. The monoisotopic (exact) mass is 446 g/mol. The maximum absolute atomic E-state index is 12.7. The van der Waals surface area contributed by atoms with Crippen molar-refractivity contribution in [2.75, 3.05) is 36.4 Å². The number of carbonyl (C=O) groups is 1. The number of nitro benzene ring substituents is 1. The number of thiophene rings is 1. The van der Waals surface area contributed by atoms with Gasteiger partial charge in [-0.15, -0.1) is 11.3 Å². The molecule has 0 bridgehead atoms. The molecule has 1 aliphatic heterocycles. The van der Waals surface area contributed by atoms with Crippen molar-refractivity contribution in [1.82, 2.24) is 14.9 Å². The van der Waals surface area contributed by atoms with E-state index in [2.05, 4.69) is 25.1 Å². The van der Waals surface area contributed by atoms with E-state index in [1.54, 1.807) is 17.7 Å². The third-order valence-corrected chi connectivity index (χ3v) is 6.34. The molecule has 11 heteroatoms. The van der Waals surface area contributed by atoms with Gasteiger partial charge in [0.05, 0.1) is 27.1 Å². The number of anilines is 2. The summed E-state index contributed by atoms with van der Waals surface area (Å²) in [4.78, 5) is 37.0. The summed E-state index contributed by atoms with van der Waals surface area (Å²) in [6.07, 6.45) is 1.59. The van der Waals surface area contributed by atoms with Crippen LogP contribution < -0.4 is 10.2 Å². The molecule has 1 N–H and O–H groups in total. The van der Waals surface area contributed by atoms with E-state index in [0.717, 1.165) is 29.1 Å². The Hall–Kier alpha value is -2.82. The van der Waals surface area contributed by atoms with Gasteiger partial charge < -0.3 is 10.2 Å². The standard InChI is InChI=1S/C19H19ClN6O3S/c1-12(18(27)23-16-3-2-13(26(28)29)10-15(16)20)24-5-7-25(8-6-24)17-14-4-9-30-19(14)22-11-21-17/h2-4,9-12H,5-8H2,1H3,(H,23,27). The summed E-state index contributed by atoms with van der Waals surface area (Å²) in [6.45, 7) is 4.75. The Kier molecular flexibility index (Phi) is 5.80. The van der Waals surface area contributed by atoms with E-state index in [0.29, 0.717) is 18.8 Å². The molecule has 0 saturated carbocycles. The largest absolute Gasteiger partial charge is 0.353 e. The molecule has 2 aromatic heterocycles. The summed E-state index contributed by atoms with van der Waals surface area (Å²) in [5.74, 6) is 0.720. The fourth-order valence-electron chi connectivity index (χ4n) is 3.47. The average molecular weight is 447 g/mol. The molecule has 3 aromatic rings. The highest BCUT2D eigenvalue weighted by atomic mass is 35.5. The molecule has 1 fully saturated rings. The Morgan fingerprint density at radius 1 is 1.27 bits per heavy atom. The zero-order valence-corrected chi connectivity index (χ0v) is 17.7. The molecule has 0 spiro atoms. The molecule has 1 saturated heterocycles. The van der Waals surface area contributed by atoms with Gasteiger partial charge in [0, 0.05) is 38.3 Å². The van der Waals surface area contributed by atoms with E-state index in [-0.39, 0.29) is 22.7 Å². The molecule has 1 aromatic carbocycles. The molecule has 156 valence electrons. The normalized spacial score (nSPS) is 15.9. The first kappa shape index (κ1) is 20.5. The van der Waals surface area contributed by atoms with Crippen molar-refractivity contribution in [1.29, 1.82) is 0 Å². The lowest BCUT2D eigenvalue weighted by Gasteiger charge is -2.38. The smallest absolute Gasteiger partial charge is 0.271 e. The maximum atomic E-state index is 12.7. The molecule has 0 aliphatic carbocycles. The Bertz CT molecular complexity index is 1100. The van der Waals surface area contributed by atoms with Gasteiger partial charge in [-0.05, 0) is 24.4 Å². The van der Waals surface area contributed by atoms with Crippen LogP contribution >= 0.6 is 22.9 Å². The molecule has 1 aliphatic rings. The van der Waals surface area contributed by atoms with Crippen LogP contribution in [0.5, 0.6) is 0 Å². The number of nitrogens with zero attached hydrogens (tertiary/aromatic N) is 5. The van der Waals surface area contributed by atoms with Gasteiger partial charge in [-0.1, -0.05) is 11.6 Å². The minimum Gasteiger partial charge on any atom is -0.353 e. The molecular formula is C19H19ClN6O3S. The summed E-state index contributed by atoms with van der Waals surface area (Å²) in [5.41, 5.74) is 0.241. The predicted octanol–water partition coefficient (Wildman–Crippen LogP) is 3.40. The Balaban J connectivity index is 1.38. The van der Waals surface area contributed by atoms with Gasteiger partial charge >= 0.3 is 0 Å². The number of aromatic nitrogens is 2. The van der Waals surface area contributed by atoms with Crippen LogP contribution in [0.25, 0.3) is 10.2 Å². The van der Waals surface area contributed by atoms with Crippen molar-refractivity contribution < 1.29 is 9.72 Å². The van der Waals surface area contributed by atoms with Gasteiger partial charge in [-0.3, -0.25) is 19.8 Å². The third kappa shape index (κ3) is 4.07. The lowest BCUT2D eigenvalue weighted by atomic mass is 10.2. The number of benzene rings is 1. The predicted molar refractivity (Wildman–Crippen MR) is 117 cm³/mol. The van der Waals surface area contributed by atoms with Crippen LogP contribution in [0.3, 0.4) is 0 Å². The summed E-state index contributed by atoms with van der Waals surface area (Å²) < 4.78 is 0. The lowest BCUT2D eigenvalue weighted by molar-refractivity contribution is -0.384. The number of amides is 1. The van der Waals surface area contributed by atoms with Gasteiger partial charge in [0.2, 0.25) is 5.91 Å². The van der Waals surface area contributed by atoms with E-state index in [1.165, 1.54) is 18.2 Å². The first-order valence-corrected chi connectivity index (χ1v) is 10.6. The average Bonchev–Trinajstić information content (AvgIpc) is 3.23. The highest BCUT2D eigenvalue weighted by molar-refractivity contribution is 7.16. The number of hydrogen-bond acceptors (Lipinski definition) is 8. The highest BCUT2D eigenvalue weighted by Crippen LogP contribution is 2.29. The Labute approximate surface area is 181 Å². The van der Waals surface area contributed by atoms with E-state index in [1.807, 2.05) is 18.4 Å². The molecule has 1 unspecified atom stereocenters. The second kappa shape index (κ2) is 8.50. The number of nitro groups is 1. The summed E-state index contributed by atoms with van der Waals surface area (Å²) in [5, 5.41) is 16.8. The Morgan fingerprint density at radius 2 is 2.03 bits per heavy atom. The summed E-state index contributed by atoms with van der Waals surface area (Å²) >= 11 is 7.67. The van der Waals surface area contributed by atoms with Gasteiger partial charge in [-0.25, -0.2) is 9.97 Å². The number of halogens is 1. The van der Waals surface area contributed by atoms with Gasteiger partial charge in [0.25, 0.3) is 5.69 Å². The van der Waals surface area contributed by atoms with Crippen LogP contribution in [-0.2, 0) is 4.79 Å². The van der Waals surface area contributed by atoms with Crippen molar-refractivity contribution >= 4 is 56.3 Å². The fraction of sp³-hybridized carbons (Fsp3) is 0.316. The van der Waals surface area contributed by atoms with E-state index >= 15 is 0 Å². The first-order chi connectivity index (χ1) is 14.4. The summed E-state index contributed by atoms with van der Waals surface area (Å²) in [6, 6.07) is 5.66. The molecular weight excluding hydrogens is 428 g/mol. The molecule has 0 radical (unpaired) electrons. The lowest BCUT2D eigenvalue weighted by Crippen LogP contribution is -2.53. The van der Waals surface area contributed by atoms with E-state index < -0.39 is 4.92 Å². The zero-order valence-electron chi connectivity index (χ0n) is 16.1. The van der Waals surface area contributed by atoms with Gasteiger partial charge in [0.15, 0.2) is 0 Å². The maximum Gasteiger partial charge on any atom is 0.271 e. The molecule has 4 rings (SSSR count). The minimum atomic E-state index is -0.527. The molecule has 30 heavy (non-hydrogen) atoms. The van der Waals surface area contributed by atoms with Gasteiger partial charge in [-0.2, -0.15) is 0 Å². The minimum absolute atomic E-state index is 0.119. The van der Waals surface area contributed by atoms with Crippen LogP contribution in [0.2, 0.25) is 5.02 Å². The SMILES string of the molecule is CC(C(=O)Nc1ccc([N+](=O)[O-])cc1Cl)N1CCN(c2ncnc3sccc23)CC1. The topological polar surface area (TPSA) is 104 Å². The van der Waals surface area contributed by atoms with Crippen molar-refractivity contribution in [2.24, 2.45) is 0 Å². The Morgan fingerprint density at radius 3 is 2.73 bits per heavy atom. The van der Waals surface area contributed by atoms with E-state index in [9.17, 15) is 14.9 Å². The van der Waals surface area contributed by atoms with Crippen LogP contribution in [-0.4, -0.2) is 57.9 Å². The zero-order chi connectivity index (χ0) is 21.3. The number of rotatable bonds is 5. The molecule has 9 nitrogen and oxygen atoms in total. The van der Waals surface area contributed by atoms with Crippen LogP contribution in [0.15, 0.2) is 36.0 Å². The number of hydrogen-bond donors (Lipinski definition) is 1. The van der Waals surface area contributed by atoms with E-state index in [4.69, 9.17) is 11.6 Å². The van der Waals surface area contributed by atoms with Crippen LogP contribution in [0, 0.1) is 10.1 Å². The highest BCUT2D eigenvalue weighted by Gasteiger charge is 2.27. The second-order valence-electron chi connectivity index (χ2n) is 6.95. The fourth-order valence-corrected chi connectivity index (χ4v) is 4.42. The van der Waals surface area contributed by atoms with Crippen LogP contribution in [0.4, 0.5) is 17.2 Å². The molecule has 3 heterocycles. The summed E-state index contributed by atoms with van der Waals surface area (Å²) in [7, 11) is 0. The number of carbonyl (C=O) groups excluding carboxylic acids is 1. The van der Waals surface area contributed by atoms with Gasteiger partial charge in [0.1, 0.15) is 17.0 Å². The van der Waals surface area contributed by atoms with Crippen molar-refractivity contribution in [3.8, 4) is 0 Å². The number of piperazine rings is 1. The van der Waals surface area contributed by atoms with Crippen molar-refractivity contribution in [2.45, 2.75) is 13.0 Å². The molecule has 1 atom stereocenters. The van der Waals surface area contributed by atoms with Crippen molar-refractivity contribution in [3.63, 3.8) is 0 Å².